The van der Waals surface area contributed by atoms with Gasteiger partial charge in [0.1, 0.15) is 17.4 Å². The molecule has 1 saturated heterocycles. The van der Waals surface area contributed by atoms with Crippen molar-refractivity contribution in [2.75, 3.05) is 6.54 Å². The number of para-hydroxylation sites is 1. The lowest BCUT2D eigenvalue weighted by Gasteiger charge is -2.33. The number of likely N-dealkylation sites (tertiary alicyclic amines) is 1. The van der Waals surface area contributed by atoms with Gasteiger partial charge in [-0.25, -0.2) is 9.37 Å². The highest BCUT2D eigenvalue weighted by Crippen LogP contribution is 2.31. The summed E-state index contributed by atoms with van der Waals surface area (Å²) >= 11 is 0. The Morgan fingerprint density at radius 2 is 2.03 bits per heavy atom. The number of benzene rings is 2. The van der Waals surface area contributed by atoms with E-state index in [0.717, 1.165) is 42.9 Å². The van der Waals surface area contributed by atoms with Crippen molar-refractivity contribution in [3.8, 4) is 5.75 Å². The molecule has 5 rings (SSSR count). The first-order chi connectivity index (χ1) is 14.7. The van der Waals surface area contributed by atoms with Crippen LogP contribution in [0.3, 0.4) is 0 Å². The van der Waals surface area contributed by atoms with Crippen LogP contribution in [0.4, 0.5) is 4.39 Å². The number of imidazole rings is 1. The molecule has 0 aliphatic carbocycles. The molecule has 0 radical (unpaired) electrons. The van der Waals surface area contributed by atoms with Gasteiger partial charge in [0.2, 0.25) is 11.7 Å². The van der Waals surface area contributed by atoms with E-state index < -0.39 is 0 Å². The smallest absolute Gasteiger partial charge is 0.240 e. The lowest BCUT2D eigenvalue weighted by Crippen LogP contribution is -2.33. The Morgan fingerprint density at radius 1 is 1.13 bits per heavy atom. The molecule has 0 spiro atoms. The zero-order chi connectivity index (χ0) is 20.3. The van der Waals surface area contributed by atoms with Crippen molar-refractivity contribution in [3.63, 3.8) is 0 Å². The van der Waals surface area contributed by atoms with E-state index in [1.165, 1.54) is 12.1 Å². The monoisotopic (exact) mass is 407 g/mol. The third kappa shape index (κ3) is 4.04. The number of hydrogen-bond acceptors (Lipinski definition) is 6. The van der Waals surface area contributed by atoms with E-state index in [1.807, 2.05) is 30.3 Å². The highest BCUT2D eigenvalue weighted by molar-refractivity contribution is 5.75. The fraction of sp³-hybridized carbons (Fsp3) is 0.318. The molecule has 0 saturated carbocycles. The first kappa shape index (κ1) is 18.7. The van der Waals surface area contributed by atoms with Gasteiger partial charge in [0.15, 0.2) is 6.61 Å². The first-order valence-electron chi connectivity index (χ1n) is 10.1. The molecule has 0 bridgehead atoms. The number of nitrogens with one attached hydrogen (secondary N) is 1. The van der Waals surface area contributed by atoms with Gasteiger partial charge in [-0.15, -0.1) is 0 Å². The molecule has 30 heavy (non-hydrogen) atoms. The van der Waals surface area contributed by atoms with Crippen LogP contribution in [0.15, 0.2) is 53.1 Å². The number of H-pyrrole nitrogens is 1. The minimum atomic E-state index is -0.269. The Hall–Kier alpha value is -3.26. The molecule has 1 aliphatic rings. The molecule has 1 unspecified atom stereocenters. The molecule has 1 atom stereocenters. The Balaban J connectivity index is 1.28. The summed E-state index contributed by atoms with van der Waals surface area (Å²) in [6.07, 6.45) is 3.19. The minimum Gasteiger partial charge on any atom is -0.485 e. The molecule has 7 nitrogen and oxygen atoms in total. The third-order valence-electron chi connectivity index (χ3n) is 5.35. The van der Waals surface area contributed by atoms with Crippen molar-refractivity contribution in [1.29, 1.82) is 0 Å². The lowest BCUT2D eigenvalue weighted by molar-refractivity contribution is 0.119. The molecule has 154 valence electrons. The van der Waals surface area contributed by atoms with Crippen molar-refractivity contribution >= 4 is 11.0 Å². The maximum absolute atomic E-state index is 13.5. The molecule has 0 amide bonds. The van der Waals surface area contributed by atoms with E-state index in [4.69, 9.17) is 9.26 Å². The van der Waals surface area contributed by atoms with Crippen LogP contribution < -0.4 is 4.74 Å². The quantitative estimate of drug-likeness (QED) is 0.511. The third-order valence-corrected chi connectivity index (χ3v) is 5.35. The van der Waals surface area contributed by atoms with Gasteiger partial charge in [-0.2, -0.15) is 4.98 Å². The van der Waals surface area contributed by atoms with E-state index >= 15 is 0 Å². The topological polar surface area (TPSA) is 80.1 Å². The second-order valence-corrected chi connectivity index (χ2v) is 7.47. The van der Waals surface area contributed by atoms with Crippen molar-refractivity contribution in [2.24, 2.45) is 0 Å². The van der Waals surface area contributed by atoms with E-state index in [2.05, 4.69) is 25.0 Å². The van der Waals surface area contributed by atoms with Crippen LogP contribution in [0.1, 0.15) is 42.8 Å². The summed E-state index contributed by atoms with van der Waals surface area (Å²) in [6.45, 7) is 1.70. The highest BCUT2D eigenvalue weighted by Gasteiger charge is 2.28. The Labute approximate surface area is 172 Å². The predicted octanol–water partition coefficient (Wildman–Crippen LogP) is 4.39. The molecular formula is C22H22FN5O2. The Bertz CT molecular complexity index is 1130. The fourth-order valence-electron chi connectivity index (χ4n) is 3.90. The van der Waals surface area contributed by atoms with Crippen LogP contribution in [0.25, 0.3) is 11.0 Å². The maximum atomic E-state index is 13.5. The van der Waals surface area contributed by atoms with Crippen molar-refractivity contribution in [1.82, 2.24) is 25.0 Å². The van der Waals surface area contributed by atoms with Gasteiger partial charge in [0, 0.05) is 0 Å². The van der Waals surface area contributed by atoms with Gasteiger partial charge < -0.3 is 14.2 Å². The van der Waals surface area contributed by atoms with Gasteiger partial charge in [-0.1, -0.05) is 29.8 Å². The van der Waals surface area contributed by atoms with Gasteiger partial charge in [-0.3, -0.25) is 4.90 Å². The molecule has 1 aliphatic heterocycles. The summed E-state index contributed by atoms with van der Waals surface area (Å²) in [6, 6.07) is 14.3. The maximum Gasteiger partial charge on any atom is 0.240 e. The summed E-state index contributed by atoms with van der Waals surface area (Å²) in [5, 5.41) is 4.04. The van der Waals surface area contributed by atoms with E-state index in [9.17, 15) is 4.39 Å². The molecule has 1 N–H and O–H groups in total. The molecule has 4 aromatic rings. The average molecular weight is 407 g/mol. The number of aromatic nitrogens is 4. The van der Waals surface area contributed by atoms with Gasteiger partial charge >= 0.3 is 0 Å². The first-order valence-corrected chi connectivity index (χ1v) is 10.1. The second kappa shape index (κ2) is 8.23. The standard InChI is InChI=1S/C22H22FN5O2/c23-15-9-10-17-18(12-15)25-22(24-17)19-8-4-5-11-28(19)13-21-26-20(27-30-21)14-29-16-6-2-1-3-7-16/h1-3,6-7,9-10,12,19H,4-5,8,11,13-14H2,(H,24,25). The van der Waals surface area contributed by atoms with Crippen LogP contribution >= 0.6 is 0 Å². The molecular weight excluding hydrogens is 385 g/mol. The Morgan fingerprint density at radius 3 is 2.93 bits per heavy atom. The molecule has 2 aromatic heterocycles. The number of fused-ring (bicyclic) bond motifs is 1. The van der Waals surface area contributed by atoms with E-state index in [1.54, 1.807) is 6.07 Å². The second-order valence-electron chi connectivity index (χ2n) is 7.47. The van der Waals surface area contributed by atoms with Crippen LogP contribution in [0.5, 0.6) is 5.75 Å². The van der Waals surface area contributed by atoms with Crippen LogP contribution in [0.2, 0.25) is 0 Å². The lowest BCUT2D eigenvalue weighted by atomic mass is 10.0. The van der Waals surface area contributed by atoms with E-state index in [-0.39, 0.29) is 18.5 Å². The zero-order valence-corrected chi connectivity index (χ0v) is 16.4. The molecule has 2 aromatic carbocycles. The van der Waals surface area contributed by atoms with Gasteiger partial charge in [-0.05, 0) is 49.7 Å². The highest BCUT2D eigenvalue weighted by atomic mass is 19.1. The summed E-state index contributed by atoms with van der Waals surface area (Å²) in [5.74, 6) is 2.41. The normalized spacial score (nSPS) is 17.4. The summed E-state index contributed by atoms with van der Waals surface area (Å²) in [4.78, 5) is 14.7. The zero-order valence-electron chi connectivity index (χ0n) is 16.4. The number of halogens is 1. The van der Waals surface area contributed by atoms with Crippen LogP contribution in [-0.2, 0) is 13.2 Å². The molecule has 1 fully saturated rings. The number of piperidine rings is 1. The minimum absolute atomic E-state index is 0.102. The van der Waals surface area contributed by atoms with Crippen LogP contribution in [-0.4, -0.2) is 31.6 Å². The van der Waals surface area contributed by atoms with Crippen molar-refractivity contribution in [3.05, 3.63) is 71.9 Å². The SMILES string of the molecule is Fc1ccc2nc(C3CCCCN3Cc3nc(COc4ccccc4)no3)[nH]c2c1. The van der Waals surface area contributed by atoms with Crippen LogP contribution in [0, 0.1) is 5.82 Å². The largest absolute Gasteiger partial charge is 0.485 e. The predicted molar refractivity (Wildman–Crippen MR) is 108 cm³/mol. The average Bonchev–Trinajstić information content (AvgIpc) is 3.40. The number of hydrogen-bond donors (Lipinski definition) is 1. The summed E-state index contributed by atoms with van der Waals surface area (Å²) in [5.41, 5.74) is 1.49. The number of aromatic amines is 1. The molecule has 3 heterocycles. The van der Waals surface area contributed by atoms with Crippen molar-refractivity contribution < 1.29 is 13.7 Å². The number of ether oxygens (including phenoxy) is 1. The van der Waals surface area contributed by atoms with E-state index in [0.29, 0.717) is 23.8 Å². The van der Waals surface area contributed by atoms with Gasteiger partial charge in [0.05, 0.1) is 23.6 Å². The number of nitrogens with zero attached hydrogens (tertiary/aromatic N) is 4. The Kier molecular flexibility index (Phi) is 5.15. The summed E-state index contributed by atoms with van der Waals surface area (Å²) in [7, 11) is 0. The fourth-order valence-corrected chi connectivity index (χ4v) is 3.90. The van der Waals surface area contributed by atoms with Gasteiger partial charge in [0.25, 0.3) is 0 Å². The number of rotatable bonds is 6. The van der Waals surface area contributed by atoms with Crippen molar-refractivity contribution in [2.45, 2.75) is 38.5 Å². The summed E-state index contributed by atoms with van der Waals surface area (Å²) < 4.78 is 24.7. The molecule has 8 heteroatoms.